The average molecular weight is 371 g/mol. The summed E-state index contributed by atoms with van der Waals surface area (Å²) >= 11 is 0. The third-order valence-electron chi connectivity index (χ3n) is 3.98. The second-order valence-electron chi connectivity index (χ2n) is 5.76. The number of methoxy groups -OCH3 is 1. The van der Waals surface area contributed by atoms with Gasteiger partial charge in [0.05, 0.1) is 20.3 Å². The van der Waals surface area contributed by atoms with E-state index >= 15 is 0 Å². The van der Waals surface area contributed by atoms with Crippen molar-refractivity contribution in [3.63, 3.8) is 0 Å². The van der Waals surface area contributed by atoms with Gasteiger partial charge in [0, 0.05) is 32.0 Å². The first-order chi connectivity index (χ1) is 13.2. The van der Waals surface area contributed by atoms with Gasteiger partial charge in [0.2, 0.25) is 0 Å². The molecule has 2 N–H and O–H groups in total. The van der Waals surface area contributed by atoms with Gasteiger partial charge in [-0.05, 0) is 37.1 Å². The summed E-state index contributed by atoms with van der Waals surface area (Å²) in [6.45, 7) is 6.49. The van der Waals surface area contributed by atoms with Crippen LogP contribution in [-0.4, -0.2) is 33.3 Å². The molecule has 0 radical (unpaired) electrons. The summed E-state index contributed by atoms with van der Waals surface area (Å²) in [5.41, 5.74) is 3.22. The molecule has 146 valence electrons. The fourth-order valence-electron chi connectivity index (χ4n) is 2.60. The Labute approximate surface area is 161 Å². The molecule has 2 rings (SSSR count). The maximum atomic E-state index is 5.55. The van der Waals surface area contributed by atoms with E-state index in [1.54, 1.807) is 14.2 Å². The molecule has 0 aromatic heterocycles. The largest absolute Gasteiger partial charge is 0.493 e. The Kier molecular flexibility index (Phi) is 8.45. The highest BCUT2D eigenvalue weighted by atomic mass is 16.5. The Morgan fingerprint density at radius 2 is 1.78 bits per heavy atom. The molecule has 2 aromatic rings. The van der Waals surface area contributed by atoms with Crippen LogP contribution in [0.1, 0.15) is 25.0 Å². The molecule has 0 unspecified atom stereocenters. The van der Waals surface area contributed by atoms with E-state index in [0.29, 0.717) is 38.1 Å². The predicted molar refractivity (Wildman–Crippen MR) is 110 cm³/mol. The molecule has 27 heavy (non-hydrogen) atoms. The third-order valence-corrected chi connectivity index (χ3v) is 3.98. The summed E-state index contributed by atoms with van der Waals surface area (Å²) in [6.07, 6.45) is 0. The Balaban J connectivity index is 2.03. The highest BCUT2D eigenvalue weighted by Gasteiger charge is 2.08. The highest BCUT2D eigenvalue weighted by molar-refractivity contribution is 5.93. The van der Waals surface area contributed by atoms with Crippen LogP contribution < -0.4 is 20.1 Å². The zero-order chi connectivity index (χ0) is 19.5. The number of guanidine groups is 1. The molecule has 0 saturated heterocycles. The van der Waals surface area contributed by atoms with Gasteiger partial charge in [0.1, 0.15) is 0 Å². The molecule has 0 fully saturated rings. The van der Waals surface area contributed by atoms with E-state index in [-0.39, 0.29) is 0 Å². The number of aliphatic imine (C=N–C) groups is 1. The van der Waals surface area contributed by atoms with Crippen molar-refractivity contribution < 1.29 is 14.2 Å². The molecule has 6 heteroatoms. The normalized spacial score (nSPS) is 11.2. The van der Waals surface area contributed by atoms with Gasteiger partial charge in [-0.25, -0.2) is 0 Å². The summed E-state index contributed by atoms with van der Waals surface area (Å²) in [5, 5.41) is 6.62. The molecule has 0 aliphatic carbocycles. The molecule has 0 aliphatic heterocycles. The van der Waals surface area contributed by atoms with Gasteiger partial charge < -0.3 is 24.8 Å². The van der Waals surface area contributed by atoms with Crippen LogP contribution in [0.25, 0.3) is 0 Å². The quantitative estimate of drug-likeness (QED) is 0.518. The first kappa shape index (κ1) is 20.6. The molecule has 0 heterocycles. The first-order valence-electron chi connectivity index (χ1n) is 9.14. The lowest BCUT2D eigenvalue weighted by Crippen LogP contribution is -2.30. The molecule has 6 nitrogen and oxygen atoms in total. The van der Waals surface area contributed by atoms with Crippen molar-refractivity contribution in [2.45, 2.75) is 27.0 Å². The smallest absolute Gasteiger partial charge is 0.195 e. The minimum absolute atomic E-state index is 0.591. The molecule has 2 aromatic carbocycles. The van der Waals surface area contributed by atoms with E-state index in [0.717, 1.165) is 11.4 Å². The molecule has 0 amide bonds. The van der Waals surface area contributed by atoms with Crippen LogP contribution in [0.15, 0.2) is 47.5 Å². The van der Waals surface area contributed by atoms with E-state index in [9.17, 15) is 0 Å². The number of ether oxygens (including phenoxy) is 3. The van der Waals surface area contributed by atoms with Gasteiger partial charge in [-0.2, -0.15) is 0 Å². The average Bonchev–Trinajstić information content (AvgIpc) is 2.71. The fraction of sp³-hybridized carbons (Fsp3) is 0.381. The molecular formula is C21H29N3O3. The van der Waals surface area contributed by atoms with Crippen molar-refractivity contribution in [2.75, 3.05) is 32.7 Å². The van der Waals surface area contributed by atoms with E-state index in [2.05, 4.69) is 27.8 Å². The number of rotatable bonds is 9. The number of nitrogens with one attached hydrogen (secondary N) is 2. The maximum Gasteiger partial charge on any atom is 0.195 e. The van der Waals surface area contributed by atoms with Gasteiger partial charge >= 0.3 is 0 Å². The summed E-state index contributed by atoms with van der Waals surface area (Å²) in [4.78, 5) is 4.30. The van der Waals surface area contributed by atoms with Crippen LogP contribution in [0.4, 0.5) is 5.69 Å². The van der Waals surface area contributed by atoms with Crippen LogP contribution >= 0.6 is 0 Å². The van der Waals surface area contributed by atoms with Crippen LogP contribution in [-0.2, 0) is 17.9 Å². The molecule has 0 aliphatic rings. The first-order valence-corrected chi connectivity index (χ1v) is 9.14. The van der Waals surface area contributed by atoms with E-state index in [1.165, 1.54) is 11.1 Å². The van der Waals surface area contributed by atoms with Crippen LogP contribution in [0, 0.1) is 0 Å². The summed E-state index contributed by atoms with van der Waals surface area (Å²) in [5.74, 6) is 2.07. The van der Waals surface area contributed by atoms with Gasteiger partial charge in [-0.3, -0.25) is 4.99 Å². The number of benzene rings is 2. The monoisotopic (exact) mass is 371 g/mol. The maximum absolute atomic E-state index is 5.55. The Morgan fingerprint density at radius 3 is 2.44 bits per heavy atom. The van der Waals surface area contributed by atoms with Gasteiger partial charge in [0.15, 0.2) is 17.5 Å². The van der Waals surface area contributed by atoms with Crippen molar-refractivity contribution in [3.05, 3.63) is 53.6 Å². The second-order valence-corrected chi connectivity index (χ2v) is 5.76. The van der Waals surface area contributed by atoms with E-state index in [1.807, 2.05) is 44.2 Å². The molecule has 0 atom stereocenters. The topological polar surface area (TPSA) is 64.1 Å². The van der Waals surface area contributed by atoms with Crippen molar-refractivity contribution in [1.29, 1.82) is 0 Å². The van der Waals surface area contributed by atoms with Crippen molar-refractivity contribution >= 4 is 11.6 Å². The van der Waals surface area contributed by atoms with Crippen molar-refractivity contribution in [1.82, 2.24) is 5.32 Å². The Hall–Kier alpha value is -2.73. The number of nitrogens with zero attached hydrogens (tertiary/aromatic N) is 1. The van der Waals surface area contributed by atoms with E-state index < -0.39 is 0 Å². The Morgan fingerprint density at radius 1 is 1.00 bits per heavy atom. The van der Waals surface area contributed by atoms with Gasteiger partial charge in [-0.15, -0.1) is 0 Å². The molecule has 0 bridgehead atoms. The third kappa shape index (κ3) is 6.18. The molecular weight excluding hydrogens is 342 g/mol. The van der Waals surface area contributed by atoms with Crippen LogP contribution in [0.5, 0.6) is 11.5 Å². The second kappa shape index (κ2) is 11.1. The minimum atomic E-state index is 0.591. The summed E-state index contributed by atoms with van der Waals surface area (Å²) < 4.78 is 16.5. The lowest BCUT2D eigenvalue weighted by molar-refractivity contribution is 0.133. The van der Waals surface area contributed by atoms with Crippen LogP contribution in [0.2, 0.25) is 0 Å². The summed E-state index contributed by atoms with van der Waals surface area (Å²) in [6, 6.07) is 13.9. The molecule has 0 saturated carbocycles. The SMILES string of the molecule is CCOCc1ccccc1CNC(=NC)Nc1ccc(OCC)c(OC)c1. The number of hydrogen-bond acceptors (Lipinski definition) is 4. The summed E-state index contributed by atoms with van der Waals surface area (Å²) in [7, 11) is 3.37. The van der Waals surface area contributed by atoms with Crippen molar-refractivity contribution in [3.8, 4) is 11.5 Å². The standard InChI is InChI=1S/C21H29N3O3/c1-5-26-15-17-10-8-7-9-16(17)14-23-21(22-3)24-18-11-12-19(27-6-2)20(13-18)25-4/h7-13H,5-6,14-15H2,1-4H3,(H2,22,23,24). The highest BCUT2D eigenvalue weighted by Crippen LogP contribution is 2.30. The zero-order valence-corrected chi connectivity index (χ0v) is 16.5. The number of anilines is 1. The van der Waals surface area contributed by atoms with Gasteiger partial charge in [0.25, 0.3) is 0 Å². The van der Waals surface area contributed by atoms with Gasteiger partial charge in [-0.1, -0.05) is 24.3 Å². The Bertz CT molecular complexity index is 747. The number of hydrogen-bond donors (Lipinski definition) is 2. The lowest BCUT2D eigenvalue weighted by Gasteiger charge is -2.16. The lowest BCUT2D eigenvalue weighted by atomic mass is 10.1. The molecule has 0 spiro atoms. The predicted octanol–water partition coefficient (Wildman–Crippen LogP) is 3.82. The zero-order valence-electron chi connectivity index (χ0n) is 16.5. The minimum Gasteiger partial charge on any atom is -0.493 e. The van der Waals surface area contributed by atoms with E-state index in [4.69, 9.17) is 14.2 Å². The fourth-order valence-corrected chi connectivity index (χ4v) is 2.60. The van der Waals surface area contributed by atoms with Crippen LogP contribution in [0.3, 0.4) is 0 Å². The van der Waals surface area contributed by atoms with Crippen molar-refractivity contribution in [2.24, 2.45) is 4.99 Å².